The van der Waals surface area contributed by atoms with Gasteiger partial charge in [0.15, 0.2) is 0 Å². The van der Waals surface area contributed by atoms with Crippen LogP contribution in [-0.2, 0) is 0 Å². The Morgan fingerprint density at radius 1 is 0.708 bits per heavy atom. The van der Waals surface area contributed by atoms with Crippen LogP contribution in [0.2, 0.25) is 5.79 Å². The Hall–Kier alpha value is -2.49. The van der Waals surface area contributed by atoms with E-state index in [1.165, 1.54) is 0 Å². The van der Waals surface area contributed by atoms with Gasteiger partial charge >= 0.3 is 12.3 Å². The summed E-state index contributed by atoms with van der Waals surface area (Å²) in [5.41, 5.74) is 2.14. The summed E-state index contributed by atoms with van der Waals surface area (Å²) in [6.45, 7) is 3.84. The topological polar surface area (TPSA) is 93.1 Å². The summed E-state index contributed by atoms with van der Waals surface area (Å²) in [5, 5.41) is 16.4. The molecule has 0 amide bonds. The van der Waals surface area contributed by atoms with Gasteiger partial charge in [-0.05, 0) is 38.1 Å². The zero-order chi connectivity index (χ0) is 18.5. The van der Waals surface area contributed by atoms with Crippen molar-refractivity contribution in [1.82, 2.24) is 0 Å². The summed E-state index contributed by atoms with van der Waals surface area (Å²) in [6, 6.07) is 13.6. The van der Waals surface area contributed by atoms with Crippen LogP contribution >= 0.6 is 0 Å². The predicted molar refractivity (Wildman–Crippen MR) is 91.3 cm³/mol. The minimum absolute atomic E-state index is 0.350. The van der Waals surface area contributed by atoms with E-state index in [-0.39, 0.29) is 0 Å². The molecule has 0 spiro atoms. The van der Waals surface area contributed by atoms with Crippen molar-refractivity contribution in [3.05, 3.63) is 59.7 Å². The molecule has 126 valence electrons. The first kappa shape index (κ1) is 21.5. The molecule has 0 heterocycles. The molecule has 2 aromatic rings. The predicted octanol–water partition coefficient (Wildman–Crippen LogP) is 4.31. The SMILES string of the molecule is Cc1ccc(OC(=O)O)cc1.Cc1ccc(OC(=O)O)cc1.[CH3][Al]. The lowest BCUT2D eigenvalue weighted by atomic mass is 10.2. The van der Waals surface area contributed by atoms with Gasteiger partial charge in [-0.15, -0.1) is 5.79 Å². The summed E-state index contributed by atoms with van der Waals surface area (Å²) < 4.78 is 8.77. The van der Waals surface area contributed by atoms with Crippen LogP contribution in [0.3, 0.4) is 0 Å². The second kappa shape index (κ2) is 12.0. The first-order valence-electron chi connectivity index (χ1n) is 6.89. The molecule has 2 radical (unpaired) electrons. The Morgan fingerprint density at radius 2 is 0.958 bits per heavy atom. The molecule has 2 rings (SSSR count). The quantitative estimate of drug-likeness (QED) is 0.478. The van der Waals surface area contributed by atoms with E-state index < -0.39 is 12.3 Å². The van der Waals surface area contributed by atoms with Crippen LogP contribution in [0.25, 0.3) is 0 Å². The van der Waals surface area contributed by atoms with Crippen molar-refractivity contribution in [2.24, 2.45) is 0 Å². The molecule has 24 heavy (non-hydrogen) atoms. The van der Waals surface area contributed by atoms with Gasteiger partial charge in [0, 0.05) is 0 Å². The molecule has 0 aliphatic carbocycles. The Bertz CT molecular complexity index is 565. The lowest BCUT2D eigenvalue weighted by molar-refractivity contribution is 0.143. The lowest BCUT2D eigenvalue weighted by Gasteiger charge is -1.98. The zero-order valence-corrected chi connectivity index (χ0v) is 14.9. The van der Waals surface area contributed by atoms with Crippen molar-refractivity contribution in [3.8, 4) is 11.5 Å². The molecule has 2 aromatic carbocycles. The second-order valence-corrected chi connectivity index (χ2v) is 4.36. The van der Waals surface area contributed by atoms with Gasteiger partial charge in [0.2, 0.25) is 0 Å². The zero-order valence-electron chi connectivity index (χ0n) is 13.7. The molecule has 0 atom stereocenters. The number of ether oxygens (including phenoxy) is 2. The minimum Gasteiger partial charge on any atom is -0.449 e. The van der Waals surface area contributed by atoms with E-state index in [9.17, 15) is 9.59 Å². The number of aryl methyl sites for hydroxylation is 2. The fourth-order valence-corrected chi connectivity index (χ4v) is 1.41. The van der Waals surface area contributed by atoms with E-state index in [0.717, 1.165) is 11.1 Å². The van der Waals surface area contributed by atoms with Gasteiger partial charge in [0.1, 0.15) is 27.8 Å². The van der Waals surface area contributed by atoms with E-state index in [0.29, 0.717) is 11.5 Å². The van der Waals surface area contributed by atoms with Gasteiger partial charge in [-0.1, -0.05) is 35.4 Å². The van der Waals surface area contributed by atoms with Gasteiger partial charge in [0.25, 0.3) is 0 Å². The molecule has 7 heteroatoms. The number of carboxylic acid groups (broad SMARTS) is 2. The van der Waals surface area contributed by atoms with Crippen LogP contribution in [0, 0.1) is 13.8 Å². The first-order chi connectivity index (χ1) is 11.4. The largest absolute Gasteiger partial charge is 0.511 e. The molecule has 6 nitrogen and oxygen atoms in total. The molecule has 0 aromatic heterocycles. The van der Waals surface area contributed by atoms with E-state index in [1.807, 2.05) is 19.6 Å². The number of hydrogen-bond acceptors (Lipinski definition) is 4. The van der Waals surface area contributed by atoms with Crippen LogP contribution in [0.15, 0.2) is 48.5 Å². The van der Waals surface area contributed by atoms with Gasteiger partial charge in [0.05, 0.1) is 0 Å². The molecular weight excluding hydrogens is 327 g/mol. The Kier molecular flexibility index (Phi) is 10.8. The average Bonchev–Trinajstić information content (AvgIpc) is 2.54. The fourth-order valence-electron chi connectivity index (χ4n) is 1.41. The number of benzene rings is 2. The summed E-state index contributed by atoms with van der Waals surface area (Å²) >= 11 is 2.42. The Morgan fingerprint density at radius 3 is 1.17 bits per heavy atom. The third-order valence-electron chi connectivity index (χ3n) is 2.45. The maximum atomic E-state index is 10.0. The van der Waals surface area contributed by atoms with Crippen molar-refractivity contribution in [2.75, 3.05) is 0 Å². The Balaban J connectivity index is 0.000000400. The van der Waals surface area contributed by atoms with E-state index >= 15 is 0 Å². The third kappa shape index (κ3) is 10.3. The lowest BCUT2D eigenvalue weighted by Crippen LogP contribution is -2.02. The first-order valence-corrected chi connectivity index (χ1v) is 8.05. The van der Waals surface area contributed by atoms with Gasteiger partial charge < -0.3 is 19.7 Å². The van der Waals surface area contributed by atoms with E-state index in [4.69, 9.17) is 10.2 Å². The van der Waals surface area contributed by atoms with Crippen molar-refractivity contribution in [3.63, 3.8) is 0 Å². The maximum absolute atomic E-state index is 10.0. The summed E-state index contributed by atoms with van der Waals surface area (Å²) in [7, 11) is 0. The smallest absolute Gasteiger partial charge is 0.449 e. The van der Waals surface area contributed by atoms with Crippen LogP contribution < -0.4 is 9.47 Å². The van der Waals surface area contributed by atoms with Crippen LogP contribution in [-0.4, -0.2) is 38.8 Å². The highest BCUT2D eigenvalue weighted by Gasteiger charge is 1.98. The third-order valence-corrected chi connectivity index (χ3v) is 2.45. The highest BCUT2D eigenvalue weighted by molar-refractivity contribution is 6.05. The van der Waals surface area contributed by atoms with Crippen LogP contribution in [0.5, 0.6) is 11.5 Å². The van der Waals surface area contributed by atoms with Crippen molar-refractivity contribution >= 4 is 28.6 Å². The van der Waals surface area contributed by atoms with Gasteiger partial charge in [-0.25, -0.2) is 9.59 Å². The fraction of sp³-hybridized carbons (Fsp3) is 0.176. The monoisotopic (exact) mass is 346 g/mol. The second-order valence-electron chi connectivity index (χ2n) is 4.36. The highest BCUT2D eigenvalue weighted by atomic mass is 27.0. The summed E-state index contributed by atoms with van der Waals surface area (Å²) in [5.74, 6) is 2.62. The number of rotatable bonds is 2. The summed E-state index contributed by atoms with van der Waals surface area (Å²) in [6.07, 6.45) is -2.57. The molecule has 2 N–H and O–H groups in total. The molecule has 0 fully saturated rings. The van der Waals surface area contributed by atoms with Crippen LogP contribution in [0.1, 0.15) is 11.1 Å². The minimum atomic E-state index is -1.28. The van der Waals surface area contributed by atoms with Crippen molar-refractivity contribution in [1.29, 1.82) is 0 Å². The average molecular weight is 346 g/mol. The molecular formula is C17H19AlO6. The summed E-state index contributed by atoms with van der Waals surface area (Å²) in [4.78, 5) is 20.1. The van der Waals surface area contributed by atoms with E-state index in [1.54, 1.807) is 48.5 Å². The van der Waals surface area contributed by atoms with Crippen molar-refractivity contribution < 1.29 is 29.3 Å². The highest BCUT2D eigenvalue weighted by Crippen LogP contribution is 2.11. The molecule has 0 aliphatic rings. The van der Waals surface area contributed by atoms with Crippen molar-refractivity contribution in [2.45, 2.75) is 19.6 Å². The molecule has 0 bridgehead atoms. The molecule has 0 aliphatic heterocycles. The van der Waals surface area contributed by atoms with Gasteiger partial charge in [-0.3, -0.25) is 0 Å². The number of hydrogen-bond donors (Lipinski definition) is 2. The van der Waals surface area contributed by atoms with Gasteiger partial charge in [-0.2, -0.15) is 0 Å². The maximum Gasteiger partial charge on any atom is 0.511 e. The molecule has 0 saturated carbocycles. The Labute approximate surface area is 149 Å². The normalized spacial score (nSPS) is 8.62. The molecule has 0 unspecified atom stereocenters. The van der Waals surface area contributed by atoms with Crippen LogP contribution in [0.4, 0.5) is 9.59 Å². The van der Waals surface area contributed by atoms with E-state index in [2.05, 4.69) is 25.8 Å². The molecule has 0 saturated heterocycles. The standard InChI is InChI=1S/2C8H8O3.CH3.Al/c2*1-6-2-4-7(5-3-6)11-8(9)10;;/h2*2-5H,1H3,(H,9,10);1H3;. The number of carbonyl (C=O) groups is 2.